The Morgan fingerprint density at radius 3 is 2.50 bits per heavy atom. The third kappa shape index (κ3) is 3.39. The number of anilines is 3. The van der Waals surface area contributed by atoms with Crippen molar-refractivity contribution in [3.8, 4) is 0 Å². The van der Waals surface area contributed by atoms with E-state index in [1.807, 2.05) is 20.2 Å². The predicted molar refractivity (Wildman–Crippen MR) is 89.5 cm³/mol. The van der Waals surface area contributed by atoms with Crippen molar-refractivity contribution in [3.05, 3.63) is 47.8 Å². The molecule has 128 valence electrons. The Morgan fingerprint density at radius 1 is 1.08 bits per heavy atom. The lowest BCUT2D eigenvalue weighted by Crippen LogP contribution is -2.23. The molecule has 0 aliphatic carbocycles. The van der Waals surface area contributed by atoms with Gasteiger partial charge in [-0.25, -0.2) is 0 Å². The van der Waals surface area contributed by atoms with Gasteiger partial charge in [0.25, 0.3) is 0 Å². The summed E-state index contributed by atoms with van der Waals surface area (Å²) in [6.07, 6.45) is -2.49. The fraction of sp³-hybridized carbons (Fsp3) is 0.353. The highest BCUT2D eigenvalue weighted by Gasteiger charge is 2.31. The predicted octanol–water partition coefficient (Wildman–Crippen LogP) is 3.60. The van der Waals surface area contributed by atoms with Crippen LogP contribution in [0.1, 0.15) is 11.3 Å². The second-order valence-corrected chi connectivity index (χ2v) is 5.97. The minimum atomic E-state index is -4.39. The highest BCUT2D eigenvalue weighted by Crippen LogP contribution is 2.36. The molecule has 3 rings (SSSR count). The van der Waals surface area contributed by atoms with E-state index in [0.717, 1.165) is 24.0 Å². The van der Waals surface area contributed by atoms with Gasteiger partial charge in [-0.2, -0.15) is 13.2 Å². The minimum Gasteiger partial charge on any atom is -0.385 e. The number of nitrogens with zero attached hydrogens (tertiary/aromatic N) is 3. The Hall–Kier alpha value is -2.44. The zero-order valence-corrected chi connectivity index (χ0v) is 13.6. The topological polar surface area (TPSA) is 31.4 Å². The first-order valence-electron chi connectivity index (χ1n) is 7.67. The van der Waals surface area contributed by atoms with Gasteiger partial charge in [0, 0.05) is 32.5 Å². The van der Waals surface area contributed by atoms with Crippen LogP contribution in [0.15, 0.2) is 36.5 Å². The SMILES string of the molecule is CN1CN(C)c2cc(NCCc3ccc(C(F)(F)F)nc3)ccc21. The summed E-state index contributed by atoms with van der Waals surface area (Å²) < 4.78 is 37.4. The van der Waals surface area contributed by atoms with Gasteiger partial charge in [-0.1, -0.05) is 6.07 Å². The van der Waals surface area contributed by atoms with Gasteiger partial charge >= 0.3 is 6.18 Å². The lowest BCUT2D eigenvalue weighted by Gasteiger charge is -2.12. The lowest BCUT2D eigenvalue weighted by atomic mass is 10.2. The Kier molecular flexibility index (Phi) is 4.26. The van der Waals surface area contributed by atoms with E-state index in [1.165, 1.54) is 23.6 Å². The van der Waals surface area contributed by atoms with Crippen LogP contribution in [0.5, 0.6) is 0 Å². The normalized spacial score (nSPS) is 14.0. The molecule has 1 aromatic heterocycles. The fourth-order valence-corrected chi connectivity index (χ4v) is 2.82. The minimum absolute atomic E-state index is 0.609. The Balaban J connectivity index is 1.58. The van der Waals surface area contributed by atoms with Gasteiger partial charge in [-0.15, -0.1) is 0 Å². The van der Waals surface area contributed by atoms with Crippen molar-refractivity contribution in [2.45, 2.75) is 12.6 Å². The molecule has 2 heterocycles. The molecule has 0 saturated heterocycles. The van der Waals surface area contributed by atoms with E-state index in [9.17, 15) is 13.2 Å². The number of benzene rings is 1. The number of aromatic nitrogens is 1. The molecular weight excluding hydrogens is 317 g/mol. The number of rotatable bonds is 4. The molecule has 7 heteroatoms. The van der Waals surface area contributed by atoms with Crippen molar-refractivity contribution < 1.29 is 13.2 Å². The number of hydrogen-bond donors (Lipinski definition) is 1. The zero-order chi connectivity index (χ0) is 17.3. The zero-order valence-electron chi connectivity index (χ0n) is 13.6. The summed E-state index contributed by atoms with van der Waals surface area (Å²) in [5.74, 6) is 0. The van der Waals surface area contributed by atoms with Crippen LogP contribution in [0.25, 0.3) is 0 Å². The standard InChI is InChI=1S/C17H19F3N4/c1-23-11-24(2)15-9-13(4-5-14(15)23)21-8-7-12-3-6-16(22-10-12)17(18,19)20/h3-6,9-10,21H,7-8,11H2,1-2H3. The van der Waals surface area contributed by atoms with Crippen molar-refractivity contribution in [2.24, 2.45) is 0 Å². The van der Waals surface area contributed by atoms with E-state index >= 15 is 0 Å². The molecule has 0 saturated carbocycles. The second kappa shape index (κ2) is 6.22. The van der Waals surface area contributed by atoms with E-state index in [1.54, 1.807) is 0 Å². The third-order valence-corrected chi connectivity index (χ3v) is 4.08. The van der Waals surface area contributed by atoms with Gasteiger partial charge in [0.05, 0.1) is 18.0 Å². The molecule has 2 aromatic rings. The monoisotopic (exact) mass is 336 g/mol. The van der Waals surface area contributed by atoms with Gasteiger partial charge in [0.15, 0.2) is 0 Å². The Labute approximate surface area is 138 Å². The van der Waals surface area contributed by atoms with E-state index < -0.39 is 11.9 Å². The first kappa shape index (κ1) is 16.4. The molecule has 0 unspecified atom stereocenters. The smallest absolute Gasteiger partial charge is 0.385 e. The quantitative estimate of drug-likeness (QED) is 0.924. The maximum atomic E-state index is 12.5. The van der Waals surface area contributed by atoms with Crippen LogP contribution in [-0.2, 0) is 12.6 Å². The average Bonchev–Trinajstić information content (AvgIpc) is 2.81. The van der Waals surface area contributed by atoms with E-state index in [0.29, 0.717) is 13.0 Å². The van der Waals surface area contributed by atoms with E-state index in [2.05, 4.69) is 32.2 Å². The van der Waals surface area contributed by atoms with Crippen molar-refractivity contribution in [1.82, 2.24) is 4.98 Å². The number of alkyl halides is 3. The molecule has 0 fully saturated rings. The van der Waals surface area contributed by atoms with Gasteiger partial charge < -0.3 is 15.1 Å². The Bertz CT molecular complexity index is 713. The fourth-order valence-electron chi connectivity index (χ4n) is 2.82. The first-order chi connectivity index (χ1) is 11.3. The number of halogens is 3. The molecular formula is C17H19F3N4. The molecule has 1 aromatic carbocycles. The summed E-state index contributed by atoms with van der Waals surface area (Å²) in [5.41, 5.74) is 3.27. The van der Waals surface area contributed by atoms with Crippen LogP contribution in [-0.4, -0.2) is 32.3 Å². The number of nitrogens with one attached hydrogen (secondary N) is 1. The van der Waals surface area contributed by atoms with Crippen molar-refractivity contribution in [2.75, 3.05) is 42.4 Å². The van der Waals surface area contributed by atoms with Gasteiger partial charge in [-0.3, -0.25) is 4.98 Å². The van der Waals surface area contributed by atoms with Gasteiger partial charge in [0.1, 0.15) is 5.69 Å². The summed E-state index contributed by atoms with van der Waals surface area (Å²) in [6.45, 7) is 1.49. The molecule has 0 atom stereocenters. The molecule has 1 N–H and O–H groups in total. The van der Waals surface area contributed by atoms with E-state index in [4.69, 9.17) is 0 Å². The highest BCUT2D eigenvalue weighted by atomic mass is 19.4. The maximum absolute atomic E-state index is 12.5. The largest absolute Gasteiger partial charge is 0.433 e. The lowest BCUT2D eigenvalue weighted by molar-refractivity contribution is -0.141. The van der Waals surface area contributed by atoms with Crippen LogP contribution < -0.4 is 15.1 Å². The third-order valence-electron chi connectivity index (χ3n) is 4.08. The molecule has 0 bridgehead atoms. The number of fused-ring (bicyclic) bond motifs is 1. The summed E-state index contributed by atoms with van der Waals surface area (Å²) >= 11 is 0. The molecule has 24 heavy (non-hydrogen) atoms. The van der Waals surface area contributed by atoms with Gasteiger partial charge in [-0.05, 0) is 36.2 Å². The van der Waals surface area contributed by atoms with Crippen LogP contribution in [0.2, 0.25) is 0 Å². The van der Waals surface area contributed by atoms with Crippen LogP contribution in [0, 0.1) is 0 Å². The molecule has 4 nitrogen and oxygen atoms in total. The summed E-state index contributed by atoms with van der Waals surface area (Å²) in [7, 11) is 4.09. The molecule has 0 amide bonds. The van der Waals surface area contributed by atoms with E-state index in [-0.39, 0.29) is 0 Å². The summed E-state index contributed by atoms with van der Waals surface area (Å²) in [4.78, 5) is 7.82. The van der Waals surface area contributed by atoms with Crippen LogP contribution >= 0.6 is 0 Å². The second-order valence-electron chi connectivity index (χ2n) is 5.97. The number of hydrogen-bond acceptors (Lipinski definition) is 4. The number of pyridine rings is 1. The van der Waals surface area contributed by atoms with Gasteiger partial charge in [0.2, 0.25) is 0 Å². The Morgan fingerprint density at radius 2 is 1.83 bits per heavy atom. The summed E-state index contributed by atoms with van der Waals surface area (Å²) in [5, 5.41) is 3.31. The highest BCUT2D eigenvalue weighted by molar-refractivity contribution is 5.79. The molecule has 0 spiro atoms. The van der Waals surface area contributed by atoms with Crippen LogP contribution in [0.4, 0.5) is 30.2 Å². The summed E-state index contributed by atoms with van der Waals surface area (Å²) in [6, 6.07) is 8.67. The average molecular weight is 336 g/mol. The molecule has 1 aliphatic rings. The molecule has 0 radical (unpaired) electrons. The maximum Gasteiger partial charge on any atom is 0.433 e. The van der Waals surface area contributed by atoms with Crippen LogP contribution in [0.3, 0.4) is 0 Å². The van der Waals surface area contributed by atoms with Crippen molar-refractivity contribution >= 4 is 17.1 Å². The first-order valence-corrected chi connectivity index (χ1v) is 7.67. The molecule has 1 aliphatic heterocycles. The van der Waals surface area contributed by atoms with Crippen molar-refractivity contribution in [1.29, 1.82) is 0 Å². The van der Waals surface area contributed by atoms with Crippen molar-refractivity contribution in [3.63, 3.8) is 0 Å².